The average Bonchev–Trinajstić information content (AvgIpc) is 2.81. The van der Waals surface area contributed by atoms with Crippen LogP contribution in [0.1, 0.15) is 18.2 Å². The van der Waals surface area contributed by atoms with Crippen LogP contribution in [-0.4, -0.2) is 6.29 Å². The summed E-state index contributed by atoms with van der Waals surface area (Å²) in [4.78, 5) is 11.3. The molecule has 0 saturated carbocycles. The van der Waals surface area contributed by atoms with E-state index in [4.69, 9.17) is 4.42 Å². The van der Waals surface area contributed by atoms with Crippen molar-refractivity contribution in [1.29, 1.82) is 0 Å². The van der Waals surface area contributed by atoms with Crippen molar-refractivity contribution >= 4 is 6.29 Å². The molecule has 0 aliphatic carbocycles. The summed E-state index contributed by atoms with van der Waals surface area (Å²) in [6.45, 7) is 1.78. The van der Waals surface area contributed by atoms with E-state index in [1.807, 2.05) is 0 Å². The van der Waals surface area contributed by atoms with Crippen molar-refractivity contribution < 1.29 is 13.6 Å². The van der Waals surface area contributed by atoms with Gasteiger partial charge in [-0.2, -0.15) is 0 Å². The third-order valence-electron chi connectivity index (χ3n) is 2.87. The molecule has 1 heterocycles. The molecule has 0 bridgehead atoms. The maximum absolute atomic E-state index is 13.2. The van der Waals surface area contributed by atoms with Crippen LogP contribution in [-0.2, 0) is 16.6 Å². The lowest BCUT2D eigenvalue weighted by Crippen LogP contribution is -2.26. The van der Waals surface area contributed by atoms with Crippen LogP contribution in [0.5, 0.6) is 0 Å². The molecule has 0 aliphatic rings. The molecule has 0 amide bonds. The van der Waals surface area contributed by atoms with Crippen LogP contribution in [0.4, 0.5) is 4.39 Å². The Morgan fingerprint density at radius 2 is 2.18 bits per heavy atom. The molecule has 0 saturated heterocycles. The second-order valence-corrected chi connectivity index (χ2v) is 4.30. The van der Waals surface area contributed by atoms with Gasteiger partial charge in [-0.05, 0) is 36.8 Å². The molecule has 0 spiro atoms. The second-order valence-electron chi connectivity index (χ2n) is 4.30. The molecule has 1 aromatic carbocycles. The number of hydrogen-bond acceptors (Lipinski definition) is 2. The van der Waals surface area contributed by atoms with Gasteiger partial charge in [-0.1, -0.05) is 12.1 Å². The van der Waals surface area contributed by atoms with Crippen LogP contribution in [0.25, 0.3) is 0 Å². The van der Waals surface area contributed by atoms with Crippen LogP contribution >= 0.6 is 0 Å². The van der Waals surface area contributed by atoms with Crippen molar-refractivity contribution in [3.8, 4) is 0 Å². The summed E-state index contributed by atoms with van der Waals surface area (Å²) in [5.74, 6) is 0.374. The summed E-state index contributed by atoms with van der Waals surface area (Å²) in [7, 11) is 0. The minimum absolute atomic E-state index is 0.338. The standard InChI is InChI=1S/C14H13FO2/c1-14(10-16,9-13-6-3-7-17-13)11-4-2-5-12(15)8-11/h2-8,10H,9H2,1H3. The predicted molar refractivity (Wildman–Crippen MR) is 62.2 cm³/mol. The quantitative estimate of drug-likeness (QED) is 0.758. The van der Waals surface area contributed by atoms with Gasteiger partial charge in [-0.3, -0.25) is 0 Å². The van der Waals surface area contributed by atoms with E-state index in [0.29, 0.717) is 17.7 Å². The summed E-state index contributed by atoms with van der Waals surface area (Å²) in [6.07, 6.45) is 2.82. The molecule has 88 valence electrons. The Bertz CT molecular complexity index is 505. The van der Waals surface area contributed by atoms with E-state index in [9.17, 15) is 9.18 Å². The lowest BCUT2D eigenvalue weighted by Gasteiger charge is -2.22. The summed E-state index contributed by atoms with van der Waals surface area (Å²) in [5.41, 5.74) is -0.108. The number of carbonyl (C=O) groups excluding carboxylic acids is 1. The fraction of sp³-hybridized carbons (Fsp3) is 0.214. The Hall–Kier alpha value is -1.90. The van der Waals surface area contributed by atoms with Crippen molar-refractivity contribution in [2.75, 3.05) is 0 Å². The molecule has 0 radical (unpaired) electrons. The summed E-state index contributed by atoms with van der Waals surface area (Å²) < 4.78 is 18.4. The van der Waals surface area contributed by atoms with Gasteiger partial charge in [0.1, 0.15) is 17.9 Å². The molecule has 0 N–H and O–H groups in total. The van der Waals surface area contributed by atoms with Gasteiger partial charge >= 0.3 is 0 Å². The van der Waals surface area contributed by atoms with Crippen LogP contribution in [0, 0.1) is 5.82 Å². The fourth-order valence-corrected chi connectivity index (χ4v) is 1.83. The Labute approximate surface area is 99.1 Å². The lowest BCUT2D eigenvalue weighted by atomic mass is 9.80. The number of benzene rings is 1. The van der Waals surface area contributed by atoms with E-state index in [1.54, 1.807) is 37.5 Å². The van der Waals surface area contributed by atoms with Gasteiger partial charge in [0.2, 0.25) is 0 Å². The maximum atomic E-state index is 13.2. The minimum Gasteiger partial charge on any atom is -0.469 e. The first-order chi connectivity index (χ1) is 8.14. The summed E-state index contributed by atoms with van der Waals surface area (Å²) in [5, 5.41) is 0. The molecule has 1 atom stereocenters. The van der Waals surface area contributed by atoms with Crippen molar-refractivity contribution in [2.24, 2.45) is 0 Å². The second kappa shape index (κ2) is 4.53. The van der Waals surface area contributed by atoms with Crippen molar-refractivity contribution in [3.05, 3.63) is 59.8 Å². The van der Waals surface area contributed by atoms with E-state index in [2.05, 4.69) is 0 Å². The van der Waals surface area contributed by atoms with E-state index < -0.39 is 5.41 Å². The molecule has 2 nitrogen and oxygen atoms in total. The molecule has 2 aromatic rings. The first kappa shape index (κ1) is 11.6. The van der Waals surface area contributed by atoms with Gasteiger partial charge in [0.05, 0.1) is 11.7 Å². The van der Waals surface area contributed by atoms with Crippen LogP contribution < -0.4 is 0 Å². The highest BCUT2D eigenvalue weighted by molar-refractivity contribution is 5.68. The highest BCUT2D eigenvalue weighted by atomic mass is 19.1. The van der Waals surface area contributed by atoms with Crippen LogP contribution in [0.3, 0.4) is 0 Å². The largest absolute Gasteiger partial charge is 0.469 e. The first-order valence-corrected chi connectivity index (χ1v) is 5.39. The topological polar surface area (TPSA) is 30.2 Å². The zero-order valence-corrected chi connectivity index (χ0v) is 9.52. The van der Waals surface area contributed by atoms with E-state index in [0.717, 1.165) is 6.29 Å². The molecule has 3 heteroatoms. The summed E-state index contributed by atoms with van der Waals surface area (Å²) >= 11 is 0. The van der Waals surface area contributed by atoms with Crippen LogP contribution in [0.15, 0.2) is 47.1 Å². The highest BCUT2D eigenvalue weighted by Gasteiger charge is 2.28. The van der Waals surface area contributed by atoms with Crippen molar-refractivity contribution in [2.45, 2.75) is 18.8 Å². The normalized spacial score (nSPS) is 14.2. The number of furan rings is 1. The van der Waals surface area contributed by atoms with Crippen LogP contribution in [0.2, 0.25) is 0 Å². The van der Waals surface area contributed by atoms with Gasteiger partial charge in [0.15, 0.2) is 0 Å². The third-order valence-corrected chi connectivity index (χ3v) is 2.87. The molecule has 0 fully saturated rings. The number of hydrogen-bond donors (Lipinski definition) is 0. The number of halogens is 1. The zero-order chi connectivity index (χ0) is 12.3. The lowest BCUT2D eigenvalue weighted by molar-refractivity contribution is -0.112. The maximum Gasteiger partial charge on any atom is 0.130 e. The SMILES string of the molecule is CC(C=O)(Cc1ccco1)c1cccc(F)c1. The highest BCUT2D eigenvalue weighted by Crippen LogP contribution is 2.26. The Morgan fingerprint density at radius 1 is 1.35 bits per heavy atom. The van der Waals surface area contributed by atoms with Gasteiger partial charge in [-0.15, -0.1) is 0 Å². The summed E-state index contributed by atoms with van der Waals surface area (Å²) in [6, 6.07) is 9.68. The Morgan fingerprint density at radius 3 is 2.76 bits per heavy atom. The smallest absolute Gasteiger partial charge is 0.130 e. The first-order valence-electron chi connectivity index (χ1n) is 5.39. The minimum atomic E-state index is -0.764. The van der Waals surface area contributed by atoms with Gasteiger partial charge in [0, 0.05) is 6.42 Å². The predicted octanol–water partition coefficient (Wildman–Crippen LogP) is 3.12. The van der Waals surface area contributed by atoms with Gasteiger partial charge in [-0.25, -0.2) is 4.39 Å². The Balaban J connectivity index is 2.34. The zero-order valence-electron chi connectivity index (χ0n) is 9.52. The van der Waals surface area contributed by atoms with Gasteiger partial charge < -0.3 is 9.21 Å². The number of carbonyl (C=O) groups is 1. The van der Waals surface area contributed by atoms with E-state index in [-0.39, 0.29) is 5.82 Å². The molecule has 17 heavy (non-hydrogen) atoms. The third kappa shape index (κ3) is 2.44. The van der Waals surface area contributed by atoms with Gasteiger partial charge in [0.25, 0.3) is 0 Å². The fourth-order valence-electron chi connectivity index (χ4n) is 1.83. The monoisotopic (exact) mass is 232 g/mol. The molecular weight excluding hydrogens is 219 g/mol. The molecule has 0 aliphatic heterocycles. The molecule has 1 unspecified atom stereocenters. The molecule has 2 rings (SSSR count). The average molecular weight is 232 g/mol. The number of aldehydes is 1. The Kier molecular flexibility index (Phi) is 3.09. The number of rotatable bonds is 4. The molecular formula is C14H13FO2. The van der Waals surface area contributed by atoms with E-state index >= 15 is 0 Å². The molecule has 1 aromatic heterocycles. The van der Waals surface area contributed by atoms with Crippen molar-refractivity contribution in [3.63, 3.8) is 0 Å². The van der Waals surface area contributed by atoms with E-state index in [1.165, 1.54) is 12.1 Å². The van der Waals surface area contributed by atoms with Crippen molar-refractivity contribution in [1.82, 2.24) is 0 Å².